The Hall–Kier alpha value is -1.24. The highest BCUT2D eigenvalue weighted by Crippen LogP contribution is 2.50. The molecular weight excluding hydrogens is 254 g/mol. The first kappa shape index (κ1) is 13.2. The van der Waals surface area contributed by atoms with Gasteiger partial charge in [0.25, 0.3) is 0 Å². The summed E-state index contributed by atoms with van der Waals surface area (Å²) < 4.78 is 26.3. The first-order valence-electron chi connectivity index (χ1n) is 5.85. The lowest BCUT2D eigenvalue weighted by Gasteiger charge is -2.38. The lowest BCUT2D eigenvalue weighted by Crippen LogP contribution is -2.22. The fourth-order valence-electron chi connectivity index (χ4n) is 1.96. The second-order valence-electron chi connectivity index (χ2n) is 4.06. The van der Waals surface area contributed by atoms with Crippen LogP contribution in [0.3, 0.4) is 0 Å². The summed E-state index contributed by atoms with van der Waals surface area (Å²) in [6.45, 7) is 2.66. The molecule has 1 aliphatic rings. The Morgan fingerprint density at radius 2 is 2.28 bits per heavy atom. The molecule has 0 saturated carbocycles. The minimum atomic E-state index is -2.71. The van der Waals surface area contributed by atoms with Crippen molar-refractivity contribution >= 4 is 22.4 Å². The highest BCUT2D eigenvalue weighted by atomic mass is 32.3. The van der Waals surface area contributed by atoms with E-state index in [2.05, 4.69) is 0 Å². The minimum Gasteiger partial charge on any atom is -0.462 e. The van der Waals surface area contributed by atoms with E-state index < -0.39 is 16.7 Å². The molecule has 1 saturated heterocycles. The van der Waals surface area contributed by atoms with Gasteiger partial charge in [-0.1, -0.05) is 6.07 Å². The Kier molecular flexibility index (Phi) is 3.79. The first-order valence-corrected chi connectivity index (χ1v) is 7.52. The van der Waals surface area contributed by atoms with Gasteiger partial charge in [0, 0.05) is 6.54 Å². The molecule has 0 radical (unpaired) electrons. The number of anilines is 1. The highest BCUT2D eigenvalue weighted by molar-refractivity contribution is 8.25. The lowest BCUT2D eigenvalue weighted by molar-refractivity contribution is 0.0526. The quantitative estimate of drug-likeness (QED) is 0.827. The molecule has 1 heterocycles. The van der Waals surface area contributed by atoms with Crippen molar-refractivity contribution in [2.75, 3.05) is 23.2 Å². The third kappa shape index (κ3) is 2.60. The van der Waals surface area contributed by atoms with Crippen molar-refractivity contribution < 1.29 is 18.6 Å². The smallest absolute Gasteiger partial charge is 0.338 e. The number of carbonyl (C=O) groups is 1. The molecule has 0 unspecified atom stereocenters. The summed E-state index contributed by atoms with van der Waals surface area (Å²) in [6, 6.07) is 6.78. The van der Waals surface area contributed by atoms with Crippen LogP contribution >= 0.6 is 10.8 Å². The van der Waals surface area contributed by atoms with Crippen molar-refractivity contribution in [1.29, 1.82) is 0 Å². The van der Waals surface area contributed by atoms with Gasteiger partial charge < -0.3 is 4.74 Å². The van der Waals surface area contributed by atoms with Gasteiger partial charge in [-0.2, -0.15) is 0 Å². The monoisotopic (exact) mass is 271 g/mol. The van der Waals surface area contributed by atoms with E-state index in [0.29, 0.717) is 30.2 Å². The van der Waals surface area contributed by atoms with Crippen LogP contribution in [0.25, 0.3) is 0 Å². The Morgan fingerprint density at radius 1 is 1.50 bits per heavy atom. The lowest BCUT2D eigenvalue weighted by atomic mass is 10.2. The van der Waals surface area contributed by atoms with Gasteiger partial charge in [0.15, 0.2) is 0 Å². The topological polar surface area (TPSA) is 70.0 Å². The van der Waals surface area contributed by atoms with E-state index in [-0.39, 0.29) is 0 Å². The largest absolute Gasteiger partial charge is 0.462 e. The Morgan fingerprint density at radius 3 is 2.89 bits per heavy atom. The number of esters is 1. The third-order valence-corrected chi connectivity index (χ3v) is 4.71. The molecule has 18 heavy (non-hydrogen) atoms. The molecule has 5 nitrogen and oxygen atoms in total. The zero-order valence-electron chi connectivity index (χ0n) is 10.2. The van der Waals surface area contributed by atoms with Gasteiger partial charge in [0.2, 0.25) is 0 Å². The molecule has 1 aromatic carbocycles. The average molecular weight is 271 g/mol. The first-order chi connectivity index (χ1) is 8.54. The molecule has 0 spiro atoms. The minimum absolute atomic E-state index is 0.321. The van der Waals surface area contributed by atoms with Gasteiger partial charge in [-0.15, -0.1) is 10.8 Å². The van der Waals surface area contributed by atoms with Gasteiger partial charge in [-0.25, -0.2) is 4.79 Å². The van der Waals surface area contributed by atoms with Crippen LogP contribution in [0.1, 0.15) is 23.7 Å². The van der Waals surface area contributed by atoms with Crippen LogP contribution in [0.4, 0.5) is 5.69 Å². The van der Waals surface area contributed by atoms with E-state index in [9.17, 15) is 13.9 Å². The van der Waals surface area contributed by atoms with Crippen LogP contribution in [0, 0.1) is 0 Å². The van der Waals surface area contributed by atoms with E-state index >= 15 is 0 Å². The second kappa shape index (κ2) is 5.17. The summed E-state index contributed by atoms with van der Waals surface area (Å²) in [5.41, 5.74) is 1.08. The van der Waals surface area contributed by atoms with E-state index in [4.69, 9.17) is 4.74 Å². The van der Waals surface area contributed by atoms with Crippen molar-refractivity contribution in [2.24, 2.45) is 0 Å². The molecule has 0 amide bonds. The maximum absolute atomic E-state index is 11.6. The second-order valence-corrected chi connectivity index (χ2v) is 6.18. The van der Waals surface area contributed by atoms with Crippen molar-refractivity contribution in [3.05, 3.63) is 29.8 Å². The number of nitrogens with zero attached hydrogens (tertiary/aromatic N) is 1. The average Bonchev–Trinajstić information content (AvgIpc) is 2.69. The van der Waals surface area contributed by atoms with Gasteiger partial charge in [-0.3, -0.25) is 13.4 Å². The molecule has 2 N–H and O–H groups in total. The normalized spacial score (nSPS) is 19.6. The molecule has 6 heteroatoms. The van der Waals surface area contributed by atoms with Crippen LogP contribution < -0.4 is 4.31 Å². The van der Waals surface area contributed by atoms with Crippen LogP contribution in [0.5, 0.6) is 0 Å². The molecular formula is C12H17NO4S. The molecule has 1 fully saturated rings. The third-order valence-electron chi connectivity index (χ3n) is 2.78. The van der Waals surface area contributed by atoms with Crippen LogP contribution in [0.2, 0.25) is 0 Å². The van der Waals surface area contributed by atoms with Gasteiger partial charge in [-0.05, 0) is 31.5 Å². The van der Waals surface area contributed by atoms with Crippen LogP contribution in [0.15, 0.2) is 24.3 Å². The highest BCUT2D eigenvalue weighted by Gasteiger charge is 2.29. The fraction of sp³-hybridized carbons (Fsp3) is 0.417. The van der Waals surface area contributed by atoms with E-state index in [1.807, 2.05) is 0 Å². The summed E-state index contributed by atoms with van der Waals surface area (Å²) in [5, 5.41) is 0. The molecule has 1 aliphatic heterocycles. The SMILES string of the molecule is CCOC(=O)c1cccc(N2CCCS2(O)O)c1. The van der Waals surface area contributed by atoms with Crippen molar-refractivity contribution in [2.45, 2.75) is 13.3 Å². The molecule has 0 bridgehead atoms. The predicted molar refractivity (Wildman–Crippen MR) is 72.1 cm³/mol. The zero-order valence-corrected chi connectivity index (χ0v) is 11.0. The summed E-state index contributed by atoms with van der Waals surface area (Å²) in [4.78, 5) is 11.6. The van der Waals surface area contributed by atoms with Crippen LogP contribution in [-0.4, -0.2) is 34.0 Å². The zero-order chi connectivity index (χ0) is 13.2. The van der Waals surface area contributed by atoms with Gasteiger partial charge in [0.1, 0.15) is 0 Å². The van der Waals surface area contributed by atoms with Crippen molar-refractivity contribution in [3.8, 4) is 0 Å². The number of hydrogen-bond acceptors (Lipinski definition) is 5. The molecule has 0 aromatic heterocycles. The molecule has 0 aliphatic carbocycles. The summed E-state index contributed by atoms with van der Waals surface area (Å²) in [6.07, 6.45) is 0.742. The fourth-order valence-corrected chi connectivity index (χ4v) is 3.57. The molecule has 2 rings (SSSR count). The summed E-state index contributed by atoms with van der Waals surface area (Å²) in [7, 11) is -2.71. The van der Waals surface area contributed by atoms with E-state index in [1.165, 1.54) is 0 Å². The number of hydrogen-bond donors (Lipinski definition) is 2. The Balaban J connectivity index is 2.25. The number of rotatable bonds is 3. The summed E-state index contributed by atoms with van der Waals surface area (Å²) in [5.74, 6) is -0.00794. The maximum Gasteiger partial charge on any atom is 0.338 e. The Bertz CT molecular complexity index is 449. The molecule has 100 valence electrons. The van der Waals surface area contributed by atoms with E-state index in [0.717, 1.165) is 6.42 Å². The standard InChI is InChI=1S/C12H17NO4S/c1-2-17-12(14)10-5-3-6-11(9-10)13-7-4-8-18(13,15)16/h3,5-6,9,15-16H,2,4,7-8H2,1H3. The van der Waals surface area contributed by atoms with Gasteiger partial charge >= 0.3 is 5.97 Å². The Labute approximate surface area is 108 Å². The number of ether oxygens (including phenoxy) is 1. The number of carbonyl (C=O) groups excluding carboxylic acids is 1. The van der Waals surface area contributed by atoms with E-state index in [1.54, 1.807) is 35.5 Å². The van der Waals surface area contributed by atoms with Crippen molar-refractivity contribution in [1.82, 2.24) is 0 Å². The van der Waals surface area contributed by atoms with Gasteiger partial charge in [0.05, 0.1) is 23.6 Å². The predicted octanol–water partition coefficient (Wildman–Crippen LogP) is 2.74. The van der Waals surface area contributed by atoms with Crippen LogP contribution in [-0.2, 0) is 4.74 Å². The van der Waals surface area contributed by atoms with Crippen molar-refractivity contribution in [3.63, 3.8) is 0 Å². The molecule has 0 atom stereocenters. The summed E-state index contributed by atoms with van der Waals surface area (Å²) >= 11 is 0. The maximum atomic E-state index is 11.6. The number of benzene rings is 1. The molecule has 1 aromatic rings.